The van der Waals surface area contributed by atoms with Gasteiger partial charge in [-0.3, -0.25) is 24.6 Å². The minimum Gasteiger partial charge on any atom is -0.489 e. The summed E-state index contributed by atoms with van der Waals surface area (Å²) in [5, 5.41) is 11.7. The van der Waals surface area contributed by atoms with Crippen molar-refractivity contribution in [1.29, 1.82) is 5.26 Å². The highest BCUT2D eigenvalue weighted by atomic mass is 19.1. The predicted octanol–water partition coefficient (Wildman–Crippen LogP) is 3.36. The Morgan fingerprint density at radius 3 is 2.43 bits per heavy atom. The van der Waals surface area contributed by atoms with E-state index in [2.05, 4.69) is 28.4 Å². The first-order valence-electron chi connectivity index (χ1n) is 14.0. The standard InChI is InChI=1S/C32H30FN5O4/c33-26-5-1-3-23(17-34)30(26)37-15-13-36(14-16-37)18-21-7-9-22(10-8-21)20-42-28-6-2-4-24-25(28)19-38(32(24)41)27-11-12-29(39)35-31(27)40/h1-10,27H,11-16,18-20H2,(H,35,39,40). The summed E-state index contributed by atoms with van der Waals surface area (Å²) in [6, 6.07) is 19.6. The van der Waals surface area contributed by atoms with Gasteiger partial charge in [0.15, 0.2) is 0 Å². The maximum atomic E-state index is 14.4. The zero-order valence-electron chi connectivity index (χ0n) is 23.0. The van der Waals surface area contributed by atoms with Gasteiger partial charge in [0.2, 0.25) is 11.8 Å². The van der Waals surface area contributed by atoms with Gasteiger partial charge in [-0.2, -0.15) is 5.26 Å². The Kier molecular flexibility index (Phi) is 7.59. The SMILES string of the molecule is N#Cc1cccc(F)c1N1CCN(Cc2ccc(COc3cccc4c3CN(C3CCC(=O)NC3=O)C4=O)cc2)CC1. The van der Waals surface area contributed by atoms with Crippen LogP contribution in [0.15, 0.2) is 60.7 Å². The number of piperidine rings is 1. The lowest BCUT2D eigenvalue weighted by molar-refractivity contribution is -0.136. The van der Waals surface area contributed by atoms with Crippen molar-refractivity contribution in [2.45, 2.75) is 38.6 Å². The molecule has 2 saturated heterocycles. The number of nitrogens with zero attached hydrogens (tertiary/aromatic N) is 4. The first-order valence-corrected chi connectivity index (χ1v) is 14.0. The highest BCUT2D eigenvalue weighted by molar-refractivity contribution is 6.05. The molecule has 0 spiro atoms. The number of piperazine rings is 1. The van der Waals surface area contributed by atoms with Crippen LogP contribution in [0.4, 0.5) is 10.1 Å². The van der Waals surface area contributed by atoms with Crippen LogP contribution in [-0.2, 0) is 29.3 Å². The van der Waals surface area contributed by atoms with Gasteiger partial charge in [-0.25, -0.2) is 4.39 Å². The molecule has 3 aliphatic heterocycles. The average Bonchev–Trinajstić information content (AvgIpc) is 3.33. The van der Waals surface area contributed by atoms with Gasteiger partial charge in [0.25, 0.3) is 5.91 Å². The monoisotopic (exact) mass is 567 g/mol. The second-order valence-electron chi connectivity index (χ2n) is 10.8. The van der Waals surface area contributed by atoms with Crippen LogP contribution in [0.1, 0.15) is 45.5 Å². The molecular weight excluding hydrogens is 537 g/mol. The summed E-state index contributed by atoms with van der Waals surface area (Å²) in [5.41, 5.74) is 4.16. The summed E-state index contributed by atoms with van der Waals surface area (Å²) in [4.78, 5) is 42.7. The fraction of sp³-hybridized carbons (Fsp3) is 0.312. The molecule has 1 N–H and O–H groups in total. The van der Waals surface area contributed by atoms with Crippen molar-refractivity contribution in [3.8, 4) is 11.8 Å². The van der Waals surface area contributed by atoms with Crippen molar-refractivity contribution >= 4 is 23.4 Å². The lowest BCUT2D eigenvalue weighted by atomic mass is 10.0. The van der Waals surface area contributed by atoms with Crippen LogP contribution < -0.4 is 15.0 Å². The van der Waals surface area contributed by atoms with Gasteiger partial charge >= 0.3 is 0 Å². The fourth-order valence-corrected chi connectivity index (χ4v) is 5.91. The van der Waals surface area contributed by atoms with Crippen LogP contribution in [0.2, 0.25) is 0 Å². The second kappa shape index (κ2) is 11.6. The molecule has 3 heterocycles. The molecule has 0 aliphatic carbocycles. The Morgan fingerprint density at radius 2 is 1.69 bits per heavy atom. The number of imide groups is 1. The number of anilines is 1. The molecule has 1 unspecified atom stereocenters. The number of nitriles is 1. The van der Waals surface area contributed by atoms with E-state index in [0.29, 0.717) is 48.7 Å². The number of rotatable bonds is 7. The van der Waals surface area contributed by atoms with E-state index in [1.807, 2.05) is 23.1 Å². The molecule has 9 nitrogen and oxygen atoms in total. The molecule has 3 amide bonds. The smallest absolute Gasteiger partial charge is 0.255 e. The Labute approximate surface area is 243 Å². The largest absolute Gasteiger partial charge is 0.489 e. The molecule has 6 rings (SSSR count). The van der Waals surface area contributed by atoms with Crippen molar-refractivity contribution in [1.82, 2.24) is 15.1 Å². The number of benzene rings is 3. The second-order valence-corrected chi connectivity index (χ2v) is 10.8. The van der Waals surface area contributed by atoms with E-state index in [1.165, 1.54) is 11.0 Å². The number of nitrogens with one attached hydrogen (secondary N) is 1. The first-order chi connectivity index (χ1) is 20.4. The van der Waals surface area contributed by atoms with E-state index in [-0.39, 0.29) is 30.6 Å². The van der Waals surface area contributed by atoms with Gasteiger partial charge < -0.3 is 14.5 Å². The van der Waals surface area contributed by atoms with Gasteiger partial charge in [0.05, 0.1) is 17.8 Å². The van der Waals surface area contributed by atoms with Crippen molar-refractivity contribution in [3.05, 3.63) is 94.3 Å². The summed E-state index contributed by atoms with van der Waals surface area (Å²) >= 11 is 0. The van der Waals surface area contributed by atoms with E-state index >= 15 is 0 Å². The van der Waals surface area contributed by atoms with Crippen LogP contribution in [0.25, 0.3) is 0 Å². The molecule has 3 aliphatic rings. The third kappa shape index (κ3) is 5.43. The highest BCUT2D eigenvalue weighted by Crippen LogP contribution is 2.34. The van der Waals surface area contributed by atoms with Crippen LogP contribution in [0.3, 0.4) is 0 Å². The van der Waals surface area contributed by atoms with Crippen LogP contribution in [-0.4, -0.2) is 59.7 Å². The number of para-hydroxylation sites is 1. The number of carbonyl (C=O) groups is 3. The number of ether oxygens (including phenoxy) is 1. The van der Waals surface area contributed by atoms with E-state index < -0.39 is 11.9 Å². The third-order valence-electron chi connectivity index (χ3n) is 8.16. The lowest BCUT2D eigenvalue weighted by Gasteiger charge is -2.36. The van der Waals surface area contributed by atoms with Crippen molar-refractivity contribution < 1.29 is 23.5 Å². The molecule has 2 fully saturated rings. The summed E-state index contributed by atoms with van der Waals surface area (Å²) < 4.78 is 20.6. The van der Waals surface area contributed by atoms with Gasteiger partial charge in [-0.15, -0.1) is 0 Å². The van der Waals surface area contributed by atoms with Gasteiger partial charge in [-0.05, 0) is 41.8 Å². The van der Waals surface area contributed by atoms with Crippen LogP contribution in [0, 0.1) is 17.1 Å². The van der Waals surface area contributed by atoms with Crippen molar-refractivity contribution in [2.24, 2.45) is 0 Å². The molecular formula is C32H30FN5O4. The lowest BCUT2D eigenvalue weighted by Crippen LogP contribution is -2.52. The molecule has 3 aromatic rings. The highest BCUT2D eigenvalue weighted by Gasteiger charge is 2.40. The molecule has 0 bridgehead atoms. The number of carbonyl (C=O) groups excluding carboxylic acids is 3. The molecule has 214 valence electrons. The molecule has 0 radical (unpaired) electrons. The Hall–Kier alpha value is -4.75. The van der Waals surface area contributed by atoms with Crippen molar-refractivity contribution in [2.75, 3.05) is 31.1 Å². The Bertz CT molecular complexity index is 1580. The first kappa shape index (κ1) is 27.4. The van der Waals surface area contributed by atoms with E-state index in [1.54, 1.807) is 24.3 Å². The number of halogens is 1. The number of amides is 3. The summed E-state index contributed by atoms with van der Waals surface area (Å²) in [6.07, 6.45) is 0.527. The molecule has 0 aromatic heterocycles. The van der Waals surface area contributed by atoms with Gasteiger partial charge in [0, 0.05) is 50.3 Å². The third-order valence-corrected chi connectivity index (χ3v) is 8.16. The van der Waals surface area contributed by atoms with Crippen LogP contribution >= 0.6 is 0 Å². The molecule has 1 atom stereocenters. The van der Waals surface area contributed by atoms with E-state index in [4.69, 9.17) is 4.74 Å². The summed E-state index contributed by atoms with van der Waals surface area (Å²) in [7, 11) is 0. The van der Waals surface area contributed by atoms with E-state index in [0.717, 1.165) is 36.3 Å². The van der Waals surface area contributed by atoms with Crippen LogP contribution in [0.5, 0.6) is 5.75 Å². The van der Waals surface area contributed by atoms with Gasteiger partial charge in [-0.1, -0.05) is 36.4 Å². The fourth-order valence-electron chi connectivity index (χ4n) is 5.91. The maximum Gasteiger partial charge on any atom is 0.255 e. The van der Waals surface area contributed by atoms with Gasteiger partial charge in [0.1, 0.15) is 30.3 Å². The zero-order valence-corrected chi connectivity index (χ0v) is 23.0. The molecule has 10 heteroatoms. The van der Waals surface area contributed by atoms with Crippen molar-refractivity contribution in [3.63, 3.8) is 0 Å². The summed E-state index contributed by atoms with van der Waals surface area (Å²) in [6.45, 7) is 4.17. The number of fused-ring (bicyclic) bond motifs is 1. The minimum atomic E-state index is -0.666. The molecule has 42 heavy (non-hydrogen) atoms. The molecule has 3 aromatic carbocycles. The zero-order chi connectivity index (χ0) is 29.2. The normalized spacial score (nSPS) is 19.0. The average molecular weight is 568 g/mol. The minimum absolute atomic E-state index is 0.211. The Morgan fingerprint density at radius 1 is 0.952 bits per heavy atom. The quantitative estimate of drug-likeness (QED) is 0.437. The molecule has 0 saturated carbocycles. The Balaban J connectivity index is 1.03. The number of hydrogen-bond acceptors (Lipinski definition) is 7. The maximum absolute atomic E-state index is 14.4. The topological polar surface area (TPSA) is 106 Å². The number of hydrogen-bond donors (Lipinski definition) is 1. The van der Waals surface area contributed by atoms with E-state index in [9.17, 15) is 24.0 Å². The predicted molar refractivity (Wildman–Crippen MR) is 152 cm³/mol. The summed E-state index contributed by atoms with van der Waals surface area (Å²) in [5.74, 6) is -0.733.